The molecule has 1 saturated heterocycles. The molecule has 0 N–H and O–H groups in total. The summed E-state index contributed by atoms with van der Waals surface area (Å²) in [6.07, 6.45) is 0. The van der Waals surface area contributed by atoms with Gasteiger partial charge in [-0.15, -0.1) is 0 Å². The van der Waals surface area contributed by atoms with Crippen molar-refractivity contribution in [3.63, 3.8) is 0 Å². The number of benzene rings is 2. The van der Waals surface area contributed by atoms with E-state index in [1.807, 2.05) is 36.1 Å². The van der Waals surface area contributed by atoms with Crippen molar-refractivity contribution in [1.29, 1.82) is 0 Å². The van der Waals surface area contributed by atoms with Gasteiger partial charge in [0.2, 0.25) is 0 Å². The van der Waals surface area contributed by atoms with Crippen molar-refractivity contribution in [2.45, 2.75) is 20.8 Å². The van der Waals surface area contributed by atoms with Gasteiger partial charge < -0.3 is 4.74 Å². The minimum absolute atomic E-state index is 0.00876. The van der Waals surface area contributed by atoms with Gasteiger partial charge in [0, 0.05) is 31.7 Å². The fourth-order valence-corrected chi connectivity index (χ4v) is 4.64. The predicted octanol–water partition coefficient (Wildman–Crippen LogP) is 4.20. The lowest BCUT2D eigenvalue weighted by Crippen LogP contribution is -2.43. The molecule has 1 aliphatic rings. The summed E-state index contributed by atoms with van der Waals surface area (Å²) in [5.41, 5.74) is 5.22. The molecule has 0 atom stereocenters. The van der Waals surface area contributed by atoms with E-state index in [-0.39, 0.29) is 5.91 Å². The zero-order chi connectivity index (χ0) is 20.4. The Morgan fingerprint density at radius 1 is 1.14 bits per heavy atom. The number of ether oxygens (including phenoxy) is 1. The van der Waals surface area contributed by atoms with Gasteiger partial charge in [-0.1, -0.05) is 29.0 Å². The first-order valence-corrected chi connectivity index (χ1v) is 10.9. The SMILES string of the molecule is Cc1cccc(C(=O)N(CCN2CCOCC2)c2nc3cc(C)c(C)cc3s2)c1. The van der Waals surface area contributed by atoms with E-state index in [2.05, 4.69) is 30.9 Å². The smallest absolute Gasteiger partial charge is 0.260 e. The fourth-order valence-electron chi connectivity index (χ4n) is 3.57. The average molecular weight is 410 g/mol. The number of hydrogen-bond acceptors (Lipinski definition) is 5. The quantitative estimate of drug-likeness (QED) is 0.634. The first-order valence-electron chi connectivity index (χ1n) is 10.1. The molecule has 0 unspecified atom stereocenters. The highest BCUT2D eigenvalue weighted by molar-refractivity contribution is 7.22. The summed E-state index contributed by atoms with van der Waals surface area (Å²) < 4.78 is 6.57. The number of carbonyl (C=O) groups is 1. The van der Waals surface area contributed by atoms with Crippen LogP contribution in [0.2, 0.25) is 0 Å². The number of fused-ring (bicyclic) bond motifs is 1. The molecule has 1 aliphatic heterocycles. The minimum atomic E-state index is 0.00876. The largest absolute Gasteiger partial charge is 0.379 e. The maximum absolute atomic E-state index is 13.4. The van der Waals surface area contributed by atoms with Crippen LogP contribution in [0.25, 0.3) is 10.2 Å². The predicted molar refractivity (Wildman–Crippen MR) is 119 cm³/mol. The number of morpholine rings is 1. The van der Waals surface area contributed by atoms with Crippen LogP contribution in [-0.2, 0) is 4.74 Å². The third-order valence-electron chi connectivity index (χ3n) is 5.48. The molecule has 152 valence electrons. The van der Waals surface area contributed by atoms with Gasteiger partial charge in [-0.05, 0) is 56.2 Å². The molecule has 0 saturated carbocycles. The Balaban J connectivity index is 1.66. The molecule has 3 aromatic rings. The molecule has 0 aliphatic carbocycles. The van der Waals surface area contributed by atoms with Crippen LogP contribution in [0.5, 0.6) is 0 Å². The van der Waals surface area contributed by atoms with Gasteiger partial charge >= 0.3 is 0 Å². The zero-order valence-corrected chi connectivity index (χ0v) is 18.1. The first-order chi connectivity index (χ1) is 14.0. The second kappa shape index (κ2) is 8.61. The van der Waals surface area contributed by atoms with Crippen LogP contribution < -0.4 is 4.90 Å². The molecule has 5 nitrogen and oxygen atoms in total. The molecular weight excluding hydrogens is 382 g/mol. The fraction of sp³-hybridized carbons (Fsp3) is 0.391. The Bertz CT molecular complexity index is 985. The number of amides is 1. The number of rotatable bonds is 5. The van der Waals surface area contributed by atoms with Crippen LogP contribution in [0.4, 0.5) is 5.13 Å². The number of thiazole rings is 1. The van der Waals surface area contributed by atoms with Crippen molar-refractivity contribution in [3.05, 3.63) is 58.7 Å². The Kier molecular flexibility index (Phi) is 5.94. The lowest BCUT2D eigenvalue weighted by molar-refractivity contribution is 0.0391. The second-order valence-corrected chi connectivity index (χ2v) is 8.69. The molecule has 2 heterocycles. The van der Waals surface area contributed by atoms with Gasteiger partial charge in [0.05, 0.1) is 23.4 Å². The van der Waals surface area contributed by atoms with Gasteiger partial charge in [-0.25, -0.2) is 4.98 Å². The van der Waals surface area contributed by atoms with E-state index in [9.17, 15) is 4.79 Å². The van der Waals surface area contributed by atoms with E-state index in [1.54, 1.807) is 11.3 Å². The van der Waals surface area contributed by atoms with E-state index >= 15 is 0 Å². The highest BCUT2D eigenvalue weighted by atomic mass is 32.1. The summed E-state index contributed by atoms with van der Waals surface area (Å²) in [7, 11) is 0. The van der Waals surface area contributed by atoms with Gasteiger partial charge in [0.25, 0.3) is 5.91 Å². The minimum Gasteiger partial charge on any atom is -0.379 e. The van der Waals surface area contributed by atoms with E-state index < -0.39 is 0 Å². The maximum atomic E-state index is 13.4. The summed E-state index contributed by atoms with van der Waals surface area (Å²) >= 11 is 1.59. The third kappa shape index (κ3) is 4.50. The molecule has 1 aromatic heterocycles. The molecule has 1 fully saturated rings. The number of hydrogen-bond donors (Lipinski definition) is 0. The van der Waals surface area contributed by atoms with E-state index in [0.29, 0.717) is 12.1 Å². The van der Waals surface area contributed by atoms with E-state index in [1.165, 1.54) is 11.1 Å². The molecule has 4 rings (SSSR count). The van der Waals surface area contributed by atoms with Crippen LogP contribution >= 0.6 is 11.3 Å². The van der Waals surface area contributed by atoms with Crippen molar-refractivity contribution in [2.24, 2.45) is 0 Å². The van der Waals surface area contributed by atoms with Gasteiger partial charge in [-0.3, -0.25) is 14.6 Å². The summed E-state index contributed by atoms with van der Waals surface area (Å²) in [5, 5.41) is 0.768. The van der Waals surface area contributed by atoms with Crippen LogP contribution in [0.1, 0.15) is 27.0 Å². The van der Waals surface area contributed by atoms with Crippen LogP contribution in [0, 0.1) is 20.8 Å². The van der Waals surface area contributed by atoms with Gasteiger partial charge in [0.1, 0.15) is 0 Å². The standard InChI is InChI=1S/C23H27N3O2S/c1-16-5-4-6-19(13-16)22(27)26(8-7-25-9-11-28-12-10-25)23-24-20-14-17(2)18(3)15-21(20)29-23/h4-6,13-15H,7-12H2,1-3H3. The molecule has 1 amide bonds. The van der Waals surface area contributed by atoms with E-state index in [4.69, 9.17) is 9.72 Å². The Labute approximate surface area is 175 Å². The molecule has 0 bridgehead atoms. The molecule has 0 spiro atoms. The summed E-state index contributed by atoms with van der Waals surface area (Å²) in [4.78, 5) is 22.5. The highest BCUT2D eigenvalue weighted by Crippen LogP contribution is 2.31. The average Bonchev–Trinajstić information content (AvgIpc) is 3.11. The van der Waals surface area contributed by atoms with Crippen molar-refractivity contribution in [1.82, 2.24) is 9.88 Å². The summed E-state index contributed by atoms with van der Waals surface area (Å²) in [6.45, 7) is 11.0. The van der Waals surface area contributed by atoms with Gasteiger partial charge in [0.15, 0.2) is 5.13 Å². The Morgan fingerprint density at radius 2 is 1.90 bits per heavy atom. The number of aryl methyl sites for hydroxylation is 3. The number of nitrogens with zero attached hydrogens (tertiary/aromatic N) is 3. The maximum Gasteiger partial charge on any atom is 0.260 e. The van der Waals surface area contributed by atoms with Crippen molar-refractivity contribution in [2.75, 3.05) is 44.3 Å². The van der Waals surface area contributed by atoms with Crippen LogP contribution in [-0.4, -0.2) is 55.2 Å². The lowest BCUT2D eigenvalue weighted by Gasteiger charge is -2.29. The first kappa shape index (κ1) is 20.0. The second-order valence-electron chi connectivity index (χ2n) is 7.68. The molecule has 0 radical (unpaired) electrons. The van der Waals surface area contributed by atoms with Crippen molar-refractivity contribution in [3.8, 4) is 0 Å². The molecular formula is C23H27N3O2S. The molecule has 2 aromatic carbocycles. The zero-order valence-electron chi connectivity index (χ0n) is 17.3. The van der Waals surface area contributed by atoms with Crippen LogP contribution in [0.15, 0.2) is 36.4 Å². The number of anilines is 1. The summed E-state index contributed by atoms with van der Waals surface area (Å²) in [6, 6.07) is 12.1. The highest BCUT2D eigenvalue weighted by Gasteiger charge is 2.23. The van der Waals surface area contributed by atoms with Gasteiger partial charge in [-0.2, -0.15) is 0 Å². The number of carbonyl (C=O) groups excluding carboxylic acids is 1. The Morgan fingerprint density at radius 3 is 2.66 bits per heavy atom. The lowest BCUT2D eigenvalue weighted by atomic mass is 10.1. The topological polar surface area (TPSA) is 45.7 Å². The van der Waals surface area contributed by atoms with Crippen molar-refractivity contribution >= 4 is 32.6 Å². The van der Waals surface area contributed by atoms with Crippen LogP contribution in [0.3, 0.4) is 0 Å². The third-order valence-corrected chi connectivity index (χ3v) is 6.52. The molecule has 29 heavy (non-hydrogen) atoms. The monoisotopic (exact) mass is 409 g/mol. The van der Waals surface area contributed by atoms with Crippen molar-refractivity contribution < 1.29 is 9.53 Å². The normalized spacial score (nSPS) is 15.0. The van der Waals surface area contributed by atoms with E-state index in [0.717, 1.165) is 53.8 Å². The Hall–Kier alpha value is -2.28. The number of aromatic nitrogens is 1. The summed E-state index contributed by atoms with van der Waals surface area (Å²) in [5.74, 6) is 0.00876. The molecule has 6 heteroatoms.